The molecule has 0 aliphatic rings. The predicted octanol–water partition coefficient (Wildman–Crippen LogP) is 4.81. The topological polar surface area (TPSA) is 64.2 Å². The number of hydrogen-bond donors (Lipinski definition) is 1. The summed E-state index contributed by atoms with van der Waals surface area (Å²) in [5.41, 5.74) is 0.213. The SMILES string of the molecule is CC(C)Oc1ccc(C(OC(=O)c2ccnc3[nH]ccc23)C(F)(F)F)cc1. The largest absolute Gasteiger partial charge is 0.491 e. The van der Waals surface area contributed by atoms with Crippen molar-refractivity contribution < 1.29 is 27.4 Å². The molecule has 0 spiro atoms. The molecule has 1 atom stereocenters. The van der Waals surface area contributed by atoms with Gasteiger partial charge in [-0.15, -0.1) is 0 Å². The molecule has 1 unspecified atom stereocenters. The lowest BCUT2D eigenvalue weighted by atomic mass is 10.1. The fourth-order valence-corrected chi connectivity index (χ4v) is 2.63. The van der Waals surface area contributed by atoms with E-state index in [-0.39, 0.29) is 17.2 Å². The van der Waals surface area contributed by atoms with Crippen molar-refractivity contribution in [1.29, 1.82) is 0 Å². The van der Waals surface area contributed by atoms with Gasteiger partial charge in [-0.05, 0) is 38.1 Å². The van der Waals surface area contributed by atoms with Crippen LogP contribution in [0.4, 0.5) is 13.2 Å². The summed E-state index contributed by atoms with van der Waals surface area (Å²) in [6, 6.07) is 8.19. The molecule has 3 aromatic rings. The van der Waals surface area contributed by atoms with E-state index < -0.39 is 18.2 Å². The zero-order valence-corrected chi connectivity index (χ0v) is 14.6. The maximum absolute atomic E-state index is 13.5. The number of nitrogens with zero attached hydrogens (tertiary/aromatic N) is 1. The Morgan fingerprint density at radius 1 is 1.11 bits per heavy atom. The van der Waals surface area contributed by atoms with Gasteiger partial charge in [0.15, 0.2) is 0 Å². The van der Waals surface area contributed by atoms with Gasteiger partial charge in [0.1, 0.15) is 11.4 Å². The Hall–Kier alpha value is -3.03. The molecule has 1 aromatic carbocycles. The summed E-state index contributed by atoms with van der Waals surface area (Å²) in [6.45, 7) is 3.62. The number of pyridine rings is 1. The number of rotatable bonds is 5. The second kappa shape index (κ2) is 7.30. The van der Waals surface area contributed by atoms with Crippen LogP contribution in [0.25, 0.3) is 11.0 Å². The number of H-pyrrole nitrogens is 1. The highest BCUT2D eigenvalue weighted by molar-refractivity contribution is 6.02. The summed E-state index contributed by atoms with van der Waals surface area (Å²) in [6.07, 6.45) is -4.39. The molecule has 3 rings (SSSR count). The number of aromatic nitrogens is 2. The number of alkyl halides is 3. The number of hydrogen-bond acceptors (Lipinski definition) is 4. The molecule has 0 fully saturated rings. The zero-order chi connectivity index (χ0) is 19.6. The summed E-state index contributed by atoms with van der Waals surface area (Å²) in [7, 11) is 0. The van der Waals surface area contributed by atoms with Crippen LogP contribution >= 0.6 is 0 Å². The average molecular weight is 378 g/mol. The van der Waals surface area contributed by atoms with E-state index in [0.29, 0.717) is 16.8 Å². The molecule has 2 aromatic heterocycles. The molecule has 0 saturated carbocycles. The van der Waals surface area contributed by atoms with E-state index in [9.17, 15) is 18.0 Å². The maximum Gasteiger partial charge on any atom is 0.429 e. The number of esters is 1. The Kier molecular flexibility index (Phi) is 5.07. The average Bonchev–Trinajstić information content (AvgIpc) is 3.07. The lowest BCUT2D eigenvalue weighted by Gasteiger charge is -2.21. The van der Waals surface area contributed by atoms with Crippen LogP contribution in [0.1, 0.15) is 35.9 Å². The highest BCUT2D eigenvalue weighted by Gasteiger charge is 2.44. The Labute approximate surface area is 153 Å². The van der Waals surface area contributed by atoms with Gasteiger partial charge in [0, 0.05) is 23.3 Å². The quantitative estimate of drug-likeness (QED) is 0.647. The van der Waals surface area contributed by atoms with Crippen LogP contribution in [0.15, 0.2) is 48.8 Å². The number of fused-ring (bicyclic) bond motifs is 1. The maximum atomic E-state index is 13.5. The minimum absolute atomic E-state index is 0.00950. The summed E-state index contributed by atoms with van der Waals surface area (Å²) < 4.78 is 50.8. The molecule has 0 bridgehead atoms. The molecular weight excluding hydrogens is 361 g/mol. The second-order valence-corrected chi connectivity index (χ2v) is 6.16. The number of ether oxygens (including phenoxy) is 2. The highest BCUT2D eigenvalue weighted by Crippen LogP contribution is 2.37. The third-order valence-corrected chi connectivity index (χ3v) is 3.76. The summed E-state index contributed by atoms with van der Waals surface area (Å²) in [4.78, 5) is 19.2. The first-order valence-electron chi connectivity index (χ1n) is 8.22. The normalized spacial score (nSPS) is 13.0. The van der Waals surface area contributed by atoms with Gasteiger partial charge >= 0.3 is 12.1 Å². The van der Waals surface area contributed by atoms with E-state index in [0.717, 1.165) is 0 Å². The molecular formula is C19H17F3N2O3. The molecule has 142 valence electrons. The zero-order valence-electron chi connectivity index (χ0n) is 14.6. The van der Waals surface area contributed by atoms with E-state index >= 15 is 0 Å². The van der Waals surface area contributed by atoms with E-state index in [4.69, 9.17) is 9.47 Å². The third-order valence-electron chi connectivity index (χ3n) is 3.76. The van der Waals surface area contributed by atoms with Gasteiger partial charge in [-0.1, -0.05) is 12.1 Å². The van der Waals surface area contributed by atoms with Crippen LogP contribution < -0.4 is 4.74 Å². The number of benzene rings is 1. The molecule has 0 aliphatic carbocycles. The number of carbonyl (C=O) groups excluding carboxylic acids is 1. The van der Waals surface area contributed by atoms with Gasteiger partial charge in [-0.3, -0.25) is 0 Å². The fraction of sp³-hybridized carbons (Fsp3) is 0.263. The van der Waals surface area contributed by atoms with Crippen molar-refractivity contribution in [2.24, 2.45) is 0 Å². The third kappa shape index (κ3) is 4.21. The van der Waals surface area contributed by atoms with E-state index in [1.165, 1.54) is 36.5 Å². The van der Waals surface area contributed by atoms with Crippen LogP contribution in [0.5, 0.6) is 5.75 Å². The van der Waals surface area contributed by atoms with Crippen molar-refractivity contribution in [1.82, 2.24) is 9.97 Å². The highest BCUT2D eigenvalue weighted by atomic mass is 19.4. The number of aromatic amines is 1. The summed E-state index contributed by atoms with van der Waals surface area (Å²) in [5.74, 6) is -0.643. The molecule has 5 nitrogen and oxygen atoms in total. The van der Waals surface area contributed by atoms with E-state index in [1.807, 2.05) is 13.8 Å². The van der Waals surface area contributed by atoms with Crippen molar-refractivity contribution in [3.05, 3.63) is 59.9 Å². The van der Waals surface area contributed by atoms with Crippen LogP contribution in [0.3, 0.4) is 0 Å². The fourth-order valence-electron chi connectivity index (χ4n) is 2.63. The summed E-state index contributed by atoms with van der Waals surface area (Å²) >= 11 is 0. The number of halogens is 3. The molecule has 0 aliphatic heterocycles. The minimum atomic E-state index is -4.76. The minimum Gasteiger partial charge on any atom is -0.491 e. The molecule has 0 radical (unpaired) electrons. The van der Waals surface area contributed by atoms with Crippen molar-refractivity contribution >= 4 is 17.0 Å². The van der Waals surface area contributed by atoms with Gasteiger partial charge in [0.2, 0.25) is 6.10 Å². The van der Waals surface area contributed by atoms with Gasteiger partial charge in [0.25, 0.3) is 0 Å². The molecule has 8 heteroatoms. The van der Waals surface area contributed by atoms with Crippen molar-refractivity contribution in [3.8, 4) is 5.75 Å². The second-order valence-electron chi connectivity index (χ2n) is 6.16. The Morgan fingerprint density at radius 2 is 1.81 bits per heavy atom. The lowest BCUT2D eigenvalue weighted by Crippen LogP contribution is -2.26. The molecule has 1 N–H and O–H groups in total. The first-order chi connectivity index (χ1) is 12.8. The van der Waals surface area contributed by atoms with Gasteiger partial charge in [-0.2, -0.15) is 13.2 Å². The van der Waals surface area contributed by atoms with Crippen LogP contribution in [0, 0.1) is 0 Å². The predicted molar refractivity (Wildman–Crippen MR) is 92.5 cm³/mol. The Balaban J connectivity index is 1.87. The smallest absolute Gasteiger partial charge is 0.429 e. The first-order valence-corrected chi connectivity index (χ1v) is 8.22. The molecule has 2 heterocycles. The van der Waals surface area contributed by atoms with E-state index in [1.54, 1.807) is 12.3 Å². The Bertz CT molecular complexity index is 933. The van der Waals surface area contributed by atoms with Crippen molar-refractivity contribution in [2.75, 3.05) is 0 Å². The van der Waals surface area contributed by atoms with Crippen LogP contribution in [-0.4, -0.2) is 28.2 Å². The molecule has 27 heavy (non-hydrogen) atoms. The van der Waals surface area contributed by atoms with Crippen LogP contribution in [0.2, 0.25) is 0 Å². The lowest BCUT2D eigenvalue weighted by molar-refractivity contribution is -0.207. The summed E-state index contributed by atoms with van der Waals surface area (Å²) in [5, 5.41) is 0.393. The monoisotopic (exact) mass is 378 g/mol. The van der Waals surface area contributed by atoms with Crippen LogP contribution in [-0.2, 0) is 4.74 Å². The number of carbonyl (C=O) groups is 1. The number of nitrogens with one attached hydrogen (secondary N) is 1. The first kappa shape index (κ1) is 18.8. The van der Waals surface area contributed by atoms with Gasteiger partial charge in [-0.25, -0.2) is 9.78 Å². The van der Waals surface area contributed by atoms with Crippen molar-refractivity contribution in [2.45, 2.75) is 32.2 Å². The standard InChI is InChI=1S/C19H17F3N2O3/c1-11(2)26-13-5-3-12(4-6-13)16(19(20,21)22)27-18(25)15-8-10-24-17-14(15)7-9-23-17/h3-11,16H,1-2H3,(H,23,24). The van der Waals surface area contributed by atoms with Gasteiger partial charge < -0.3 is 14.5 Å². The molecule has 0 amide bonds. The van der Waals surface area contributed by atoms with E-state index in [2.05, 4.69) is 9.97 Å². The Morgan fingerprint density at radius 3 is 2.44 bits per heavy atom. The molecule has 0 saturated heterocycles. The van der Waals surface area contributed by atoms with Gasteiger partial charge in [0.05, 0.1) is 11.7 Å². The van der Waals surface area contributed by atoms with Crippen molar-refractivity contribution in [3.63, 3.8) is 0 Å².